The smallest absolute Gasteiger partial charge is 0.416 e. The van der Waals surface area contributed by atoms with Gasteiger partial charge in [0.1, 0.15) is 11.4 Å². The standard InChI is InChI=1S/C41H55F4N3O5/c1-38(2,3)53-36(49)27-17-19-46(20-18-27)35-21-28(41(43,44)45)13-16-31(35)32-22-47(24-34(32)39(4,5)51)37(50)40(42)25-48(29-9-7-8-10-29)23-33(40)26-11-14-30(52-6)15-12-26/h11-16,21,27,29,32-34,51H,7-10,17-20,22-25H2,1-6H3/t32-,33+,34+,40+/m1/s1. The van der Waals surface area contributed by atoms with Crippen LogP contribution in [0.25, 0.3) is 0 Å². The van der Waals surface area contributed by atoms with Crippen molar-refractivity contribution in [2.75, 3.05) is 51.3 Å². The molecule has 1 aliphatic carbocycles. The van der Waals surface area contributed by atoms with Crippen LogP contribution in [0.1, 0.15) is 102 Å². The Morgan fingerprint density at radius 1 is 0.887 bits per heavy atom. The number of carbonyl (C=O) groups is 2. The highest BCUT2D eigenvalue weighted by molar-refractivity contribution is 5.88. The van der Waals surface area contributed by atoms with Gasteiger partial charge in [0.2, 0.25) is 5.67 Å². The third-order valence-electron chi connectivity index (χ3n) is 12.0. The number of carbonyl (C=O) groups excluding carboxylic acids is 2. The van der Waals surface area contributed by atoms with Gasteiger partial charge < -0.3 is 24.4 Å². The lowest BCUT2D eigenvalue weighted by Crippen LogP contribution is -2.50. The zero-order chi connectivity index (χ0) is 38.5. The van der Waals surface area contributed by atoms with Crippen molar-refractivity contribution in [3.8, 4) is 5.75 Å². The number of benzene rings is 2. The van der Waals surface area contributed by atoms with E-state index in [1.165, 1.54) is 11.0 Å². The summed E-state index contributed by atoms with van der Waals surface area (Å²) in [7, 11) is 1.56. The molecule has 2 aromatic rings. The molecule has 3 aliphatic heterocycles. The Bertz CT molecular complexity index is 1620. The van der Waals surface area contributed by atoms with Crippen LogP contribution in [0.2, 0.25) is 0 Å². The second-order valence-electron chi connectivity index (χ2n) is 17.2. The summed E-state index contributed by atoms with van der Waals surface area (Å²) in [6.07, 6.45) is 0.260. The molecule has 2 aromatic carbocycles. The molecule has 1 N–H and O–H groups in total. The highest BCUT2D eigenvalue weighted by Gasteiger charge is 2.58. The summed E-state index contributed by atoms with van der Waals surface area (Å²) in [6.45, 7) is 9.78. The third-order valence-corrected chi connectivity index (χ3v) is 12.0. The van der Waals surface area contributed by atoms with Gasteiger partial charge >= 0.3 is 12.1 Å². The van der Waals surface area contributed by atoms with Crippen LogP contribution in [0.4, 0.5) is 23.2 Å². The average molecular weight is 746 g/mol. The highest BCUT2D eigenvalue weighted by atomic mass is 19.4. The minimum absolute atomic E-state index is 0.0420. The van der Waals surface area contributed by atoms with Crippen molar-refractivity contribution in [2.45, 2.75) is 114 Å². The zero-order valence-corrected chi connectivity index (χ0v) is 31.8. The lowest BCUT2D eigenvalue weighted by molar-refractivity contribution is -0.160. The molecule has 3 heterocycles. The molecule has 0 aromatic heterocycles. The molecular weight excluding hydrogens is 690 g/mol. The van der Waals surface area contributed by atoms with Gasteiger partial charge in [0.05, 0.1) is 24.2 Å². The number of hydrogen-bond donors (Lipinski definition) is 1. The predicted molar refractivity (Wildman–Crippen MR) is 195 cm³/mol. The molecule has 8 nitrogen and oxygen atoms in total. The maximum Gasteiger partial charge on any atom is 0.416 e. The molecule has 53 heavy (non-hydrogen) atoms. The quantitative estimate of drug-likeness (QED) is 0.224. The van der Waals surface area contributed by atoms with Crippen LogP contribution in [0, 0.1) is 11.8 Å². The Kier molecular flexibility index (Phi) is 10.9. The van der Waals surface area contributed by atoms with Gasteiger partial charge in [-0.2, -0.15) is 13.2 Å². The van der Waals surface area contributed by atoms with Crippen LogP contribution in [0.3, 0.4) is 0 Å². The molecule has 0 spiro atoms. The number of esters is 1. The largest absolute Gasteiger partial charge is 0.497 e. The number of aliphatic hydroxyl groups is 1. The van der Waals surface area contributed by atoms with E-state index in [2.05, 4.69) is 4.90 Å². The van der Waals surface area contributed by atoms with Crippen LogP contribution in [-0.4, -0.2) is 96.1 Å². The van der Waals surface area contributed by atoms with Crippen molar-refractivity contribution in [3.63, 3.8) is 0 Å². The summed E-state index contributed by atoms with van der Waals surface area (Å²) >= 11 is 0. The first-order chi connectivity index (χ1) is 24.8. The Morgan fingerprint density at radius 3 is 2.09 bits per heavy atom. The summed E-state index contributed by atoms with van der Waals surface area (Å²) in [5.74, 6) is -2.60. The molecule has 0 bridgehead atoms. The number of ether oxygens (including phenoxy) is 2. The summed E-state index contributed by atoms with van der Waals surface area (Å²) in [4.78, 5) is 33.0. The number of alkyl halides is 4. The van der Waals surface area contributed by atoms with Gasteiger partial charge in [0.15, 0.2) is 0 Å². The Hall–Kier alpha value is -3.38. The van der Waals surface area contributed by atoms with Crippen LogP contribution in [-0.2, 0) is 20.5 Å². The maximum atomic E-state index is 17.8. The van der Waals surface area contributed by atoms with Gasteiger partial charge in [0.25, 0.3) is 5.91 Å². The van der Waals surface area contributed by atoms with E-state index >= 15 is 4.39 Å². The number of likely N-dealkylation sites (tertiary alicyclic amines) is 2. The molecule has 12 heteroatoms. The molecule has 4 aliphatic rings. The van der Waals surface area contributed by atoms with Crippen LogP contribution >= 0.6 is 0 Å². The molecule has 1 saturated carbocycles. The molecule has 292 valence electrons. The fourth-order valence-electron chi connectivity index (χ4n) is 9.13. The van der Waals surface area contributed by atoms with Gasteiger partial charge in [0, 0.05) is 68.8 Å². The van der Waals surface area contributed by atoms with Crippen molar-refractivity contribution in [1.29, 1.82) is 0 Å². The van der Waals surface area contributed by atoms with E-state index in [0.717, 1.165) is 37.8 Å². The summed E-state index contributed by atoms with van der Waals surface area (Å²) in [5.41, 5.74) is -3.42. The average Bonchev–Trinajstić information content (AvgIpc) is 3.86. The minimum atomic E-state index is -4.60. The first kappa shape index (κ1) is 39.3. The number of methoxy groups -OCH3 is 1. The second-order valence-corrected chi connectivity index (χ2v) is 17.2. The van der Waals surface area contributed by atoms with E-state index in [0.29, 0.717) is 55.0 Å². The van der Waals surface area contributed by atoms with Crippen molar-refractivity contribution in [2.24, 2.45) is 11.8 Å². The SMILES string of the molecule is COc1ccc([C@@H]2CN(C3CCCC3)C[C@@]2(F)C(=O)N2C[C@H](c3ccc(C(F)(F)F)cc3N3CCC(C(=O)OC(C)(C)C)CC3)[C@@H](C(C)(C)O)C2)cc1. The molecule has 0 radical (unpaired) electrons. The van der Waals surface area contributed by atoms with Gasteiger partial charge in [-0.05, 0) is 95.7 Å². The highest BCUT2D eigenvalue weighted by Crippen LogP contribution is 2.48. The van der Waals surface area contributed by atoms with Crippen molar-refractivity contribution < 1.29 is 41.7 Å². The van der Waals surface area contributed by atoms with Gasteiger partial charge in [-0.3, -0.25) is 14.5 Å². The fourth-order valence-corrected chi connectivity index (χ4v) is 9.13. The van der Waals surface area contributed by atoms with E-state index in [1.54, 1.807) is 53.9 Å². The molecule has 3 saturated heterocycles. The summed E-state index contributed by atoms with van der Waals surface area (Å²) < 4.78 is 71.2. The van der Waals surface area contributed by atoms with E-state index in [1.807, 2.05) is 17.0 Å². The van der Waals surface area contributed by atoms with Crippen LogP contribution in [0.15, 0.2) is 42.5 Å². The Morgan fingerprint density at radius 2 is 1.53 bits per heavy atom. The van der Waals surface area contributed by atoms with Gasteiger partial charge in [-0.15, -0.1) is 0 Å². The number of halogens is 4. The van der Waals surface area contributed by atoms with E-state index < -0.39 is 52.3 Å². The number of hydrogen-bond acceptors (Lipinski definition) is 7. The van der Waals surface area contributed by atoms with Crippen LogP contribution in [0.5, 0.6) is 5.75 Å². The van der Waals surface area contributed by atoms with E-state index in [-0.39, 0.29) is 37.6 Å². The first-order valence-corrected chi connectivity index (χ1v) is 19.1. The zero-order valence-electron chi connectivity index (χ0n) is 31.8. The predicted octanol–water partition coefficient (Wildman–Crippen LogP) is 7.34. The molecule has 4 fully saturated rings. The van der Waals surface area contributed by atoms with Gasteiger partial charge in [-0.1, -0.05) is 31.0 Å². The van der Waals surface area contributed by atoms with Crippen molar-refractivity contribution in [1.82, 2.24) is 9.80 Å². The minimum Gasteiger partial charge on any atom is -0.497 e. The van der Waals surface area contributed by atoms with Crippen molar-refractivity contribution in [3.05, 3.63) is 59.2 Å². The molecule has 6 rings (SSSR count). The van der Waals surface area contributed by atoms with Gasteiger partial charge in [-0.25, -0.2) is 4.39 Å². The molecule has 4 atom stereocenters. The number of nitrogens with zero attached hydrogens (tertiary/aromatic N) is 3. The summed E-state index contributed by atoms with van der Waals surface area (Å²) in [6, 6.07) is 11.0. The topological polar surface area (TPSA) is 82.6 Å². The summed E-state index contributed by atoms with van der Waals surface area (Å²) in [5, 5.41) is 11.5. The third kappa shape index (κ3) is 8.33. The lowest BCUT2D eigenvalue weighted by Gasteiger charge is -2.37. The monoisotopic (exact) mass is 745 g/mol. The Balaban J connectivity index is 1.31. The number of rotatable bonds is 8. The molecule has 0 unspecified atom stereocenters. The van der Waals surface area contributed by atoms with Crippen molar-refractivity contribution >= 4 is 17.6 Å². The maximum absolute atomic E-state index is 17.8. The number of anilines is 1. The molecular formula is C41H55F4N3O5. The van der Waals surface area contributed by atoms with E-state index in [9.17, 15) is 27.9 Å². The number of amides is 1. The van der Waals surface area contributed by atoms with E-state index in [4.69, 9.17) is 9.47 Å². The lowest BCUT2D eigenvalue weighted by atomic mass is 9.78. The Labute approximate surface area is 310 Å². The number of piperidine rings is 1. The van der Waals surface area contributed by atoms with Crippen LogP contribution < -0.4 is 9.64 Å². The normalized spacial score (nSPS) is 26.7. The first-order valence-electron chi connectivity index (χ1n) is 19.1. The fraction of sp³-hybridized carbons (Fsp3) is 0.659. The second kappa shape index (κ2) is 14.7. The molecule has 1 amide bonds.